The van der Waals surface area contributed by atoms with Gasteiger partial charge in [0.15, 0.2) is 11.5 Å². The van der Waals surface area contributed by atoms with Crippen molar-refractivity contribution in [3.8, 4) is 11.5 Å². The Morgan fingerprint density at radius 2 is 1.76 bits per heavy atom. The number of rotatable bonds is 3. The van der Waals surface area contributed by atoms with Crippen LogP contribution in [0.2, 0.25) is 0 Å². The van der Waals surface area contributed by atoms with Gasteiger partial charge in [0.05, 0.1) is 0 Å². The van der Waals surface area contributed by atoms with Crippen molar-refractivity contribution in [3.63, 3.8) is 0 Å². The summed E-state index contributed by atoms with van der Waals surface area (Å²) in [6, 6.07) is 7.13. The van der Waals surface area contributed by atoms with Gasteiger partial charge in [-0.15, -0.1) is 0 Å². The molecule has 21 heavy (non-hydrogen) atoms. The number of nitrogens with zero attached hydrogens (tertiary/aromatic N) is 1. The molecule has 2 fully saturated rings. The maximum atomic E-state index is 5.75. The first-order valence-electron chi connectivity index (χ1n) is 8.54. The average molecular weight is 287 g/mol. The molecular weight excluding hydrogens is 262 g/mol. The minimum Gasteiger partial charge on any atom is -0.486 e. The average Bonchev–Trinajstić information content (AvgIpc) is 3.19. The third-order valence-electron chi connectivity index (χ3n) is 5.28. The fourth-order valence-corrected chi connectivity index (χ4v) is 4.21. The van der Waals surface area contributed by atoms with E-state index in [1.54, 1.807) is 0 Å². The summed E-state index contributed by atoms with van der Waals surface area (Å²) < 4.78 is 11.4. The van der Waals surface area contributed by atoms with Gasteiger partial charge in [-0.1, -0.05) is 18.9 Å². The van der Waals surface area contributed by atoms with E-state index in [2.05, 4.69) is 23.1 Å². The zero-order valence-corrected chi connectivity index (χ0v) is 12.7. The van der Waals surface area contributed by atoms with Gasteiger partial charge in [-0.05, 0) is 55.8 Å². The molecule has 114 valence electrons. The Balaban J connectivity index is 1.51. The maximum absolute atomic E-state index is 5.75. The van der Waals surface area contributed by atoms with E-state index in [1.165, 1.54) is 57.2 Å². The second-order valence-electron chi connectivity index (χ2n) is 6.71. The van der Waals surface area contributed by atoms with Crippen molar-refractivity contribution in [3.05, 3.63) is 23.8 Å². The van der Waals surface area contributed by atoms with Gasteiger partial charge >= 0.3 is 0 Å². The molecule has 2 aliphatic heterocycles. The normalized spacial score (nSPS) is 26.4. The molecule has 0 bridgehead atoms. The Hall–Kier alpha value is -1.22. The summed E-state index contributed by atoms with van der Waals surface area (Å²) in [5.41, 5.74) is 1.41. The van der Waals surface area contributed by atoms with Gasteiger partial charge in [-0.25, -0.2) is 0 Å². The molecule has 1 saturated carbocycles. The number of ether oxygens (including phenoxy) is 2. The smallest absolute Gasteiger partial charge is 0.161 e. The van der Waals surface area contributed by atoms with E-state index < -0.39 is 0 Å². The zero-order chi connectivity index (χ0) is 14.1. The highest BCUT2D eigenvalue weighted by Crippen LogP contribution is 2.39. The summed E-state index contributed by atoms with van der Waals surface area (Å²) >= 11 is 0. The Bertz CT molecular complexity index is 496. The highest BCUT2D eigenvalue weighted by Gasteiger charge is 2.29. The molecule has 0 N–H and O–H groups in total. The number of hydrogen-bond donors (Lipinski definition) is 0. The van der Waals surface area contributed by atoms with Crippen LogP contribution in [0.1, 0.15) is 50.1 Å². The molecule has 1 saturated heterocycles. The summed E-state index contributed by atoms with van der Waals surface area (Å²) in [4.78, 5) is 2.71. The van der Waals surface area contributed by atoms with Crippen molar-refractivity contribution < 1.29 is 9.47 Å². The molecule has 4 rings (SSSR count). The predicted molar refractivity (Wildman–Crippen MR) is 82.9 cm³/mol. The number of fused-ring (bicyclic) bond motifs is 1. The minimum absolute atomic E-state index is 0.585. The number of benzene rings is 1. The van der Waals surface area contributed by atoms with Gasteiger partial charge in [0, 0.05) is 12.6 Å². The first-order chi connectivity index (χ1) is 10.4. The van der Waals surface area contributed by atoms with E-state index in [0.717, 1.165) is 17.4 Å². The molecule has 3 heteroatoms. The van der Waals surface area contributed by atoms with Crippen molar-refractivity contribution in [2.24, 2.45) is 5.92 Å². The van der Waals surface area contributed by atoms with Gasteiger partial charge in [-0.2, -0.15) is 0 Å². The van der Waals surface area contributed by atoms with Gasteiger partial charge in [-0.3, -0.25) is 4.90 Å². The second kappa shape index (κ2) is 5.88. The summed E-state index contributed by atoms with van der Waals surface area (Å²) in [6.45, 7) is 3.89. The molecule has 1 aromatic rings. The molecule has 1 atom stereocenters. The van der Waals surface area contributed by atoms with Gasteiger partial charge < -0.3 is 9.47 Å². The lowest BCUT2D eigenvalue weighted by Gasteiger charge is -2.28. The topological polar surface area (TPSA) is 21.7 Å². The van der Waals surface area contributed by atoms with Gasteiger partial charge in [0.25, 0.3) is 0 Å². The summed E-state index contributed by atoms with van der Waals surface area (Å²) in [6.07, 6.45) is 8.35. The molecule has 0 radical (unpaired) electrons. The molecule has 3 nitrogen and oxygen atoms in total. The number of hydrogen-bond acceptors (Lipinski definition) is 3. The lowest BCUT2D eigenvalue weighted by molar-refractivity contribution is 0.170. The highest BCUT2D eigenvalue weighted by molar-refractivity contribution is 5.44. The van der Waals surface area contributed by atoms with E-state index in [1.807, 2.05) is 0 Å². The van der Waals surface area contributed by atoms with Crippen molar-refractivity contribution in [1.82, 2.24) is 4.90 Å². The van der Waals surface area contributed by atoms with E-state index in [9.17, 15) is 0 Å². The molecule has 1 aliphatic carbocycles. The lowest BCUT2D eigenvalue weighted by Crippen LogP contribution is -2.28. The van der Waals surface area contributed by atoms with Crippen LogP contribution in [0.5, 0.6) is 11.5 Å². The van der Waals surface area contributed by atoms with Gasteiger partial charge in [0.1, 0.15) is 13.2 Å². The Labute approximate surface area is 127 Å². The van der Waals surface area contributed by atoms with Crippen molar-refractivity contribution in [2.75, 3.05) is 26.3 Å². The molecule has 0 unspecified atom stereocenters. The van der Waals surface area contributed by atoms with Crippen LogP contribution in [0.25, 0.3) is 0 Å². The Morgan fingerprint density at radius 1 is 0.952 bits per heavy atom. The second-order valence-corrected chi connectivity index (χ2v) is 6.71. The minimum atomic E-state index is 0.585. The van der Waals surface area contributed by atoms with Crippen LogP contribution in [0, 0.1) is 5.92 Å². The van der Waals surface area contributed by atoms with E-state index in [-0.39, 0.29) is 0 Å². The SMILES string of the molecule is c1cc2c(cc1[C@@H]1CCCN1CC1CCCC1)OCCO2. The molecule has 0 aromatic heterocycles. The highest BCUT2D eigenvalue weighted by atomic mass is 16.6. The van der Waals surface area contributed by atoms with Crippen LogP contribution in [-0.4, -0.2) is 31.2 Å². The summed E-state index contributed by atoms with van der Waals surface area (Å²) in [7, 11) is 0. The van der Waals surface area contributed by atoms with E-state index in [4.69, 9.17) is 9.47 Å². The van der Waals surface area contributed by atoms with Crippen LogP contribution in [0.15, 0.2) is 18.2 Å². The third-order valence-corrected chi connectivity index (χ3v) is 5.28. The van der Waals surface area contributed by atoms with E-state index in [0.29, 0.717) is 19.3 Å². The molecule has 3 aliphatic rings. The molecule has 2 heterocycles. The fourth-order valence-electron chi connectivity index (χ4n) is 4.21. The quantitative estimate of drug-likeness (QED) is 0.844. The number of likely N-dealkylation sites (tertiary alicyclic amines) is 1. The van der Waals surface area contributed by atoms with Crippen molar-refractivity contribution in [2.45, 2.75) is 44.6 Å². The molecule has 0 amide bonds. The summed E-state index contributed by atoms with van der Waals surface area (Å²) in [5, 5.41) is 0. The summed E-state index contributed by atoms with van der Waals surface area (Å²) in [5.74, 6) is 2.78. The third kappa shape index (κ3) is 2.76. The molecular formula is C18H25NO2. The van der Waals surface area contributed by atoms with Crippen LogP contribution < -0.4 is 9.47 Å². The maximum Gasteiger partial charge on any atom is 0.161 e. The first-order valence-corrected chi connectivity index (χ1v) is 8.54. The Morgan fingerprint density at radius 3 is 2.62 bits per heavy atom. The van der Waals surface area contributed by atoms with Crippen LogP contribution in [0.4, 0.5) is 0 Å². The lowest BCUT2D eigenvalue weighted by atomic mass is 10.0. The van der Waals surface area contributed by atoms with Crippen LogP contribution in [0.3, 0.4) is 0 Å². The molecule has 0 spiro atoms. The monoisotopic (exact) mass is 287 g/mol. The first kappa shape index (κ1) is 13.4. The largest absolute Gasteiger partial charge is 0.486 e. The predicted octanol–water partition coefficient (Wildman–Crippen LogP) is 3.78. The van der Waals surface area contributed by atoms with Crippen molar-refractivity contribution >= 4 is 0 Å². The van der Waals surface area contributed by atoms with E-state index >= 15 is 0 Å². The van der Waals surface area contributed by atoms with Crippen LogP contribution in [-0.2, 0) is 0 Å². The molecule has 1 aromatic carbocycles. The van der Waals surface area contributed by atoms with Crippen molar-refractivity contribution in [1.29, 1.82) is 0 Å². The standard InChI is InChI=1S/C18H25NO2/c1-2-5-14(4-1)13-19-9-3-6-16(19)15-7-8-17-18(12-15)21-11-10-20-17/h7-8,12,14,16H,1-6,9-11,13H2/t16-/m0/s1. The van der Waals surface area contributed by atoms with Crippen LogP contribution >= 0.6 is 0 Å². The zero-order valence-electron chi connectivity index (χ0n) is 12.7. The Kier molecular flexibility index (Phi) is 3.76. The van der Waals surface area contributed by atoms with Gasteiger partial charge in [0.2, 0.25) is 0 Å². The fraction of sp³-hybridized carbons (Fsp3) is 0.667.